The highest BCUT2D eigenvalue weighted by Crippen LogP contribution is 2.13. The highest BCUT2D eigenvalue weighted by molar-refractivity contribution is 5.79. The van der Waals surface area contributed by atoms with E-state index in [4.69, 9.17) is 4.74 Å². The molecule has 23 heavy (non-hydrogen) atoms. The molecule has 2 aromatic carbocycles. The average Bonchev–Trinajstić information content (AvgIpc) is 2.55. The van der Waals surface area contributed by atoms with E-state index >= 15 is 0 Å². The average molecular weight is 313 g/mol. The van der Waals surface area contributed by atoms with Crippen LogP contribution in [0.1, 0.15) is 18.1 Å². The van der Waals surface area contributed by atoms with Gasteiger partial charge in [0.05, 0.1) is 25.7 Å². The Morgan fingerprint density at radius 1 is 1.13 bits per heavy atom. The normalized spacial score (nSPS) is 13.2. The maximum Gasteiger partial charge on any atom is 0.224 e. The van der Waals surface area contributed by atoms with Crippen molar-refractivity contribution in [2.24, 2.45) is 0 Å². The number of carbonyl (C=O) groups is 1. The summed E-state index contributed by atoms with van der Waals surface area (Å²) in [5.41, 5.74) is 1.93. The van der Waals surface area contributed by atoms with Crippen LogP contribution in [0.25, 0.3) is 0 Å². The maximum absolute atomic E-state index is 12.1. The highest BCUT2D eigenvalue weighted by atomic mass is 16.5. The van der Waals surface area contributed by atoms with Gasteiger partial charge in [-0.15, -0.1) is 0 Å². The van der Waals surface area contributed by atoms with E-state index < -0.39 is 6.10 Å². The first-order chi connectivity index (χ1) is 11.1. The van der Waals surface area contributed by atoms with Crippen molar-refractivity contribution in [3.05, 3.63) is 65.7 Å². The number of rotatable bonds is 7. The zero-order valence-corrected chi connectivity index (χ0v) is 13.5. The number of nitrogens with one attached hydrogen (secondary N) is 1. The van der Waals surface area contributed by atoms with E-state index in [1.54, 1.807) is 7.11 Å². The van der Waals surface area contributed by atoms with Gasteiger partial charge in [0.2, 0.25) is 5.91 Å². The fraction of sp³-hybridized carbons (Fsp3) is 0.316. The molecular formula is C19H23NO3. The van der Waals surface area contributed by atoms with Gasteiger partial charge in [-0.3, -0.25) is 4.79 Å². The molecule has 0 bridgehead atoms. The molecule has 0 saturated heterocycles. The molecule has 2 aromatic rings. The second kappa shape index (κ2) is 8.34. The van der Waals surface area contributed by atoms with E-state index in [0.717, 1.165) is 16.9 Å². The fourth-order valence-corrected chi connectivity index (χ4v) is 2.40. The van der Waals surface area contributed by atoms with Crippen LogP contribution in [0.4, 0.5) is 0 Å². The zero-order valence-electron chi connectivity index (χ0n) is 13.5. The third-order valence-electron chi connectivity index (χ3n) is 3.75. The van der Waals surface area contributed by atoms with Crippen LogP contribution < -0.4 is 10.1 Å². The van der Waals surface area contributed by atoms with Crippen LogP contribution in [0.2, 0.25) is 0 Å². The molecule has 0 aromatic heterocycles. The quantitative estimate of drug-likeness (QED) is 0.825. The SMILES string of the molecule is COc1cccc(CC(=O)NC(C)C(O)Cc2ccccc2)c1. The summed E-state index contributed by atoms with van der Waals surface area (Å²) < 4.78 is 5.15. The molecule has 0 saturated carbocycles. The first-order valence-corrected chi connectivity index (χ1v) is 7.73. The van der Waals surface area contributed by atoms with Gasteiger partial charge < -0.3 is 15.2 Å². The predicted octanol–water partition coefficient (Wildman–Crippen LogP) is 2.35. The van der Waals surface area contributed by atoms with Crippen LogP contribution >= 0.6 is 0 Å². The van der Waals surface area contributed by atoms with Gasteiger partial charge in [0.25, 0.3) is 0 Å². The molecule has 2 atom stereocenters. The lowest BCUT2D eigenvalue weighted by Crippen LogP contribution is -2.42. The highest BCUT2D eigenvalue weighted by Gasteiger charge is 2.17. The van der Waals surface area contributed by atoms with E-state index in [1.807, 2.05) is 61.5 Å². The van der Waals surface area contributed by atoms with Crippen molar-refractivity contribution in [3.8, 4) is 5.75 Å². The molecule has 0 aliphatic rings. The number of hydrogen-bond donors (Lipinski definition) is 2. The van der Waals surface area contributed by atoms with E-state index in [9.17, 15) is 9.90 Å². The third-order valence-corrected chi connectivity index (χ3v) is 3.75. The monoisotopic (exact) mass is 313 g/mol. The van der Waals surface area contributed by atoms with Crippen molar-refractivity contribution >= 4 is 5.91 Å². The van der Waals surface area contributed by atoms with Crippen molar-refractivity contribution in [1.82, 2.24) is 5.32 Å². The van der Waals surface area contributed by atoms with Gasteiger partial charge in [0.1, 0.15) is 5.75 Å². The van der Waals surface area contributed by atoms with Crippen LogP contribution in [-0.2, 0) is 17.6 Å². The largest absolute Gasteiger partial charge is 0.497 e. The zero-order chi connectivity index (χ0) is 16.7. The summed E-state index contributed by atoms with van der Waals surface area (Å²) >= 11 is 0. The van der Waals surface area contributed by atoms with Gasteiger partial charge in [0, 0.05) is 6.42 Å². The van der Waals surface area contributed by atoms with Gasteiger partial charge in [-0.1, -0.05) is 42.5 Å². The molecular weight excluding hydrogens is 290 g/mol. The summed E-state index contributed by atoms with van der Waals surface area (Å²) in [6, 6.07) is 16.9. The summed E-state index contributed by atoms with van der Waals surface area (Å²) in [6.45, 7) is 1.82. The molecule has 0 heterocycles. The number of ether oxygens (including phenoxy) is 1. The number of aliphatic hydroxyl groups excluding tert-OH is 1. The number of amides is 1. The fourth-order valence-electron chi connectivity index (χ4n) is 2.40. The Morgan fingerprint density at radius 3 is 2.52 bits per heavy atom. The molecule has 0 spiro atoms. The molecule has 4 nitrogen and oxygen atoms in total. The molecule has 0 aliphatic carbocycles. The van der Waals surface area contributed by atoms with E-state index in [-0.39, 0.29) is 18.4 Å². The third kappa shape index (κ3) is 5.42. The number of benzene rings is 2. The van der Waals surface area contributed by atoms with Crippen molar-refractivity contribution in [3.63, 3.8) is 0 Å². The molecule has 2 N–H and O–H groups in total. The van der Waals surface area contributed by atoms with Crippen molar-refractivity contribution < 1.29 is 14.6 Å². The van der Waals surface area contributed by atoms with Gasteiger partial charge in [-0.2, -0.15) is 0 Å². The molecule has 2 unspecified atom stereocenters. The van der Waals surface area contributed by atoms with Crippen LogP contribution in [0.5, 0.6) is 5.75 Å². The Morgan fingerprint density at radius 2 is 1.83 bits per heavy atom. The minimum atomic E-state index is -0.619. The predicted molar refractivity (Wildman–Crippen MR) is 90.5 cm³/mol. The molecule has 0 radical (unpaired) electrons. The molecule has 122 valence electrons. The summed E-state index contributed by atoms with van der Waals surface area (Å²) in [7, 11) is 1.60. The lowest BCUT2D eigenvalue weighted by molar-refractivity contribution is -0.121. The van der Waals surface area contributed by atoms with Crippen LogP contribution in [0.15, 0.2) is 54.6 Å². The standard InChI is InChI=1S/C19H23NO3/c1-14(18(21)12-15-7-4-3-5-8-15)20-19(22)13-16-9-6-10-17(11-16)23-2/h3-11,14,18,21H,12-13H2,1-2H3,(H,20,22). The summed E-state index contributed by atoms with van der Waals surface area (Å²) in [6.07, 6.45) is 0.160. The first kappa shape index (κ1) is 17.0. The topological polar surface area (TPSA) is 58.6 Å². The number of carbonyl (C=O) groups excluding carboxylic acids is 1. The Labute approximate surface area is 137 Å². The second-order valence-electron chi connectivity index (χ2n) is 5.64. The molecule has 0 aliphatic heterocycles. The van der Waals surface area contributed by atoms with Gasteiger partial charge in [-0.25, -0.2) is 0 Å². The maximum atomic E-state index is 12.1. The Kier molecular flexibility index (Phi) is 6.18. The number of aliphatic hydroxyl groups is 1. The lowest BCUT2D eigenvalue weighted by Gasteiger charge is -2.20. The number of methoxy groups -OCH3 is 1. The molecule has 2 rings (SSSR count). The molecule has 1 amide bonds. The van der Waals surface area contributed by atoms with E-state index in [1.165, 1.54) is 0 Å². The minimum Gasteiger partial charge on any atom is -0.497 e. The second-order valence-corrected chi connectivity index (χ2v) is 5.64. The Bertz CT molecular complexity index is 628. The summed E-state index contributed by atoms with van der Waals surface area (Å²) in [5.74, 6) is 0.616. The van der Waals surface area contributed by atoms with Crippen molar-refractivity contribution in [2.75, 3.05) is 7.11 Å². The summed E-state index contributed by atoms with van der Waals surface area (Å²) in [4.78, 5) is 12.1. The first-order valence-electron chi connectivity index (χ1n) is 7.73. The van der Waals surface area contributed by atoms with Gasteiger partial charge in [0.15, 0.2) is 0 Å². The Balaban J connectivity index is 1.86. The van der Waals surface area contributed by atoms with Gasteiger partial charge >= 0.3 is 0 Å². The van der Waals surface area contributed by atoms with Crippen LogP contribution in [0, 0.1) is 0 Å². The minimum absolute atomic E-state index is 0.113. The Hall–Kier alpha value is -2.33. The molecule has 0 fully saturated rings. The molecule has 4 heteroatoms. The van der Waals surface area contributed by atoms with E-state index in [2.05, 4.69) is 5.32 Å². The smallest absolute Gasteiger partial charge is 0.224 e. The van der Waals surface area contributed by atoms with Gasteiger partial charge in [-0.05, 0) is 30.2 Å². The van der Waals surface area contributed by atoms with Crippen molar-refractivity contribution in [1.29, 1.82) is 0 Å². The van der Waals surface area contributed by atoms with E-state index in [0.29, 0.717) is 6.42 Å². The van der Waals surface area contributed by atoms with Crippen LogP contribution in [0.3, 0.4) is 0 Å². The lowest BCUT2D eigenvalue weighted by atomic mass is 10.0. The summed E-state index contributed by atoms with van der Waals surface area (Å²) in [5, 5.41) is 13.1. The van der Waals surface area contributed by atoms with Crippen molar-refractivity contribution in [2.45, 2.75) is 31.9 Å². The number of hydrogen-bond acceptors (Lipinski definition) is 3. The van der Waals surface area contributed by atoms with Crippen LogP contribution in [-0.4, -0.2) is 30.3 Å².